The zero-order valence-corrected chi connectivity index (χ0v) is 9.89. The number of hydrogen-bond acceptors (Lipinski definition) is 2. The third-order valence-corrected chi connectivity index (χ3v) is 3.36. The molecular weight excluding hydrogens is 200 g/mol. The Bertz CT molecular complexity index is 353. The average molecular weight is 218 g/mol. The smallest absolute Gasteiger partial charge is 0.254 e. The first-order valence-electron chi connectivity index (χ1n) is 5.93. The minimum absolute atomic E-state index is 0.141. The number of carbonyl (C=O) groups is 1. The molecule has 0 aromatic carbocycles. The number of rotatable bonds is 1. The topological polar surface area (TPSA) is 33.2 Å². The summed E-state index contributed by atoms with van der Waals surface area (Å²) in [6, 6.07) is 4.28. The Labute approximate surface area is 96.5 Å². The summed E-state index contributed by atoms with van der Waals surface area (Å²) in [5.41, 5.74) is 0.746. The predicted octanol–water partition coefficient (Wildman–Crippen LogP) is 2.48. The lowest BCUT2D eigenvalue weighted by molar-refractivity contribution is 0.0510. The van der Waals surface area contributed by atoms with Crippen molar-refractivity contribution in [1.29, 1.82) is 0 Å². The first-order chi connectivity index (χ1) is 7.70. The molecule has 0 unspecified atom stereocenters. The second kappa shape index (κ2) is 4.64. The third kappa shape index (κ3) is 2.08. The van der Waals surface area contributed by atoms with Crippen molar-refractivity contribution >= 4 is 5.91 Å². The number of nitrogens with zero attached hydrogens (tertiary/aromatic N) is 2. The summed E-state index contributed by atoms with van der Waals surface area (Å²) in [6.07, 6.45) is 6.80. The van der Waals surface area contributed by atoms with E-state index in [1.165, 1.54) is 6.42 Å². The van der Waals surface area contributed by atoms with Crippen LogP contribution in [0.25, 0.3) is 0 Å². The number of aromatic nitrogens is 1. The van der Waals surface area contributed by atoms with Gasteiger partial charge in [0.1, 0.15) is 0 Å². The normalized spacial score (nSPS) is 25.5. The Morgan fingerprint density at radius 2 is 1.81 bits per heavy atom. The van der Waals surface area contributed by atoms with Gasteiger partial charge in [-0.05, 0) is 45.2 Å². The van der Waals surface area contributed by atoms with Gasteiger partial charge in [-0.1, -0.05) is 0 Å². The maximum absolute atomic E-state index is 12.3. The standard InChI is InChI=1S/C13H18N2O/c1-10-4-3-5-11(2)15(10)13(16)12-6-8-14-9-7-12/h6-11H,3-5H2,1-2H3/t10-,11+. The summed E-state index contributed by atoms with van der Waals surface area (Å²) >= 11 is 0. The number of amides is 1. The lowest BCUT2D eigenvalue weighted by Gasteiger charge is -2.39. The first kappa shape index (κ1) is 11.1. The molecule has 1 aliphatic heterocycles. The van der Waals surface area contributed by atoms with Crippen LogP contribution < -0.4 is 0 Å². The fraction of sp³-hybridized carbons (Fsp3) is 0.538. The number of pyridine rings is 1. The Kier molecular flexibility index (Phi) is 3.22. The van der Waals surface area contributed by atoms with E-state index in [0.29, 0.717) is 12.1 Å². The van der Waals surface area contributed by atoms with Crippen molar-refractivity contribution in [2.45, 2.75) is 45.2 Å². The predicted molar refractivity (Wildman–Crippen MR) is 63.2 cm³/mol. The highest BCUT2D eigenvalue weighted by atomic mass is 16.2. The van der Waals surface area contributed by atoms with E-state index < -0.39 is 0 Å². The minimum Gasteiger partial charge on any atom is -0.333 e. The SMILES string of the molecule is C[C@@H]1CCC[C@H](C)N1C(=O)c1ccncc1. The number of hydrogen-bond donors (Lipinski definition) is 0. The van der Waals surface area contributed by atoms with E-state index in [1.54, 1.807) is 24.5 Å². The Balaban J connectivity index is 2.20. The summed E-state index contributed by atoms with van der Waals surface area (Å²) < 4.78 is 0. The molecule has 3 nitrogen and oxygen atoms in total. The van der Waals surface area contributed by atoms with Crippen LogP contribution in [0, 0.1) is 0 Å². The van der Waals surface area contributed by atoms with E-state index in [9.17, 15) is 4.79 Å². The second-order valence-corrected chi connectivity index (χ2v) is 4.58. The highest BCUT2D eigenvalue weighted by Gasteiger charge is 2.29. The molecule has 86 valence electrons. The quantitative estimate of drug-likeness (QED) is 0.725. The fourth-order valence-corrected chi connectivity index (χ4v) is 2.47. The molecule has 1 fully saturated rings. The zero-order valence-electron chi connectivity index (χ0n) is 9.89. The van der Waals surface area contributed by atoms with E-state index in [0.717, 1.165) is 18.4 Å². The summed E-state index contributed by atoms with van der Waals surface area (Å²) in [5.74, 6) is 0.141. The summed E-state index contributed by atoms with van der Waals surface area (Å²) in [6.45, 7) is 4.27. The highest BCUT2D eigenvalue weighted by molar-refractivity contribution is 5.94. The molecule has 16 heavy (non-hydrogen) atoms. The Morgan fingerprint density at radius 3 is 2.38 bits per heavy atom. The molecule has 2 rings (SSSR count). The monoisotopic (exact) mass is 218 g/mol. The minimum atomic E-state index is 0.141. The summed E-state index contributed by atoms with van der Waals surface area (Å²) in [7, 11) is 0. The molecule has 0 saturated carbocycles. The maximum atomic E-state index is 12.3. The van der Waals surface area contributed by atoms with Crippen molar-refractivity contribution in [2.75, 3.05) is 0 Å². The summed E-state index contributed by atoms with van der Waals surface area (Å²) in [4.78, 5) is 18.3. The van der Waals surface area contributed by atoms with Gasteiger partial charge in [-0.2, -0.15) is 0 Å². The van der Waals surface area contributed by atoms with Gasteiger partial charge < -0.3 is 4.90 Å². The van der Waals surface area contributed by atoms with Crippen LogP contribution in [-0.2, 0) is 0 Å². The molecule has 0 radical (unpaired) electrons. The van der Waals surface area contributed by atoms with E-state index in [2.05, 4.69) is 18.8 Å². The van der Waals surface area contributed by atoms with Crippen molar-refractivity contribution in [1.82, 2.24) is 9.88 Å². The van der Waals surface area contributed by atoms with Gasteiger partial charge in [0.05, 0.1) is 0 Å². The largest absolute Gasteiger partial charge is 0.333 e. The van der Waals surface area contributed by atoms with E-state index in [4.69, 9.17) is 0 Å². The number of likely N-dealkylation sites (tertiary alicyclic amines) is 1. The van der Waals surface area contributed by atoms with Crippen LogP contribution in [-0.4, -0.2) is 27.9 Å². The molecule has 2 atom stereocenters. The van der Waals surface area contributed by atoms with Crippen LogP contribution >= 0.6 is 0 Å². The van der Waals surface area contributed by atoms with Gasteiger partial charge >= 0.3 is 0 Å². The van der Waals surface area contributed by atoms with Crippen LogP contribution in [0.4, 0.5) is 0 Å². The summed E-state index contributed by atoms with van der Waals surface area (Å²) in [5, 5.41) is 0. The lowest BCUT2D eigenvalue weighted by Crippen LogP contribution is -2.47. The molecule has 1 aromatic heterocycles. The molecule has 0 spiro atoms. The highest BCUT2D eigenvalue weighted by Crippen LogP contribution is 2.24. The molecule has 0 bridgehead atoms. The van der Waals surface area contributed by atoms with Gasteiger partial charge in [0.15, 0.2) is 0 Å². The van der Waals surface area contributed by atoms with E-state index in [1.807, 2.05) is 4.90 Å². The van der Waals surface area contributed by atoms with Gasteiger partial charge in [0.2, 0.25) is 0 Å². The molecule has 1 aromatic rings. The first-order valence-corrected chi connectivity index (χ1v) is 5.93. The van der Waals surface area contributed by atoms with Crippen molar-refractivity contribution in [2.24, 2.45) is 0 Å². The molecule has 0 aliphatic carbocycles. The van der Waals surface area contributed by atoms with Crippen LogP contribution in [0.15, 0.2) is 24.5 Å². The average Bonchev–Trinajstić information content (AvgIpc) is 2.30. The van der Waals surface area contributed by atoms with Crippen molar-refractivity contribution in [3.05, 3.63) is 30.1 Å². The third-order valence-electron chi connectivity index (χ3n) is 3.36. The van der Waals surface area contributed by atoms with Crippen LogP contribution in [0.2, 0.25) is 0 Å². The van der Waals surface area contributed by atoms with E-state index >= 15 is 0 Å². The van der Waals surface area contributed by atoms with E-state index in [-0.39, 0.29) is 5.91 Å². The molecule has 3 heteroatoms. The molecule has 1 saturated heterocycles. The molecule has 1 aliphatic rings. The Hall–Kier alpha value is -1.38. The number of carbonyl (C=O) groups excluding carboxylic acids is 1. The van der Waals surface area contributed by atoms with Gasteiger partial charge in [-0.3, -0.25) is 9.78 Å². The molecule has 1 amide bonds. The lowest BCUT2D eigenvalue weighted by atomic mass is 9.96. The van der Waals surface area contributed by atoms with Gasteiger partial charge in [0.25, 0.3) is 5.91 Å². The maximum Gasteiger partial charge on any atom is 0.254 e. The molecule has 0 N–H and O–H groups in total. The molecule has 2 heterocycles. The fourth-order valence-electron chi connectivity index (χ4n) is 2.47. The van der Waals surface area contributed by atoms with Gasteiger partial charge in [-0.15, -0.1) is 0 Å². The van der Waals surface area contributed by atoms with Gasteiger partial charge in [0, 0.05) is 30.0 Å². The van der Waals surface area contributed by atoms with Crippen LogP contribution in [0.3, 0.4) is 0 Å². The van der Waals surface area contributed by atoms with Crippen LogP contribution in [0.5, 0.6) is 0 Å². The van der Waals surface area contributed by atoms with Crippen molar-refractivity contribution < 1.29 is 4.79 Å². The van der Waals surface area contributed by atoms with Crippen molar-refractivity contribution in [3.63, 3.8) is 0 Å². The van der Waals surface area contributed by atoms with Crippen molar-refractivity contribution in [3.8, 4) is 0 Å². The van der Waals surface area contributed by atoms with Crippen LogP contribution in [0.1, 0.15) is 43.5 Å². The second-order valence-electron chi connectivity index (χ2n) is 4.58. The number of piperidine rings is 1. The zero-order chi connectivity index (χ0) is 11.5. The Morgan fingerprint density at radius 1 is 1.25 bits per heavy atom. The van der Waals surface area contributed by atoms with Gasteiger partial charge in [-0.25, -0.2) is 0 Å². The molecular formula is C13H18N2O.